The number of anilines is 1. The fraction of sp³-hybridized carbons (Fsp3) is 0.280. The highest BCUT2D eigenvalue weighted by molar-refractivity contribution is 6.01. The lowest BCUT2D eigenvalue weighted by Gasteiger charge is -2.25. The third kappa shape index (κ3) is 3.28. The number of ketones is 1. The summed E-state index contributed by atoms with van der Waals surface area (Å²) in [6.45, 7) is 0. The van der Waals surface area contributed by atoms with Crippen molar-refractivity contribution in [2.75, 3.05) is 19.1 Å². The van der Waals surface area contributed by atoms with Gasteiger partial charge in [-0.3, -0.25) is 4.79 Å². The van der Waals surface area contributed by atoms with Crippen LogP contribution >= 0.6 is 0 Å². The Morgan fingerprint density at radius 2 is 2.00 bits per heavy atom. The minimum Gasteiger partial charge on any atom is -0.493 e. The molecule has 158 valence electrons. The predicted molar refractivity (Wildman–Crippen MR) is 116 cm³/mol. The number of ether oxygens (including phenoxy) is 3. The molecule has 6 heteroatoms. The topological polar surface area (TPSA) is 65.1 Å². The van der Waals surface area contributed by atoms with Crippen molar-refractivity contribution in [2.45, 2.75) is 24.9 Å². The van der Waals surface area contributed by atoms with Gasteiger partial charge in [0.1, 0.15) is 0 Å². The van der Waals surface area contributed by atoms with Gasteiger partial charge >= 0.3 is 5.97 Å². The average molecular weight is 417 g/mol. The van der Waals surface area contributed by atoms with Gasteiger partial charge in [0.25, 0.3) is 0 Å². The molecule has 31 heavy (non-hydrogen) atoms. The van der Waals surface area contributed by atoms with Crippen LogP contribution in [0.2, 0.25) is 0 Å². The van der Waals surface area contributed by atoms with Crippen LogP contribution in [0.15, 0.2) is 60.9 Å². The van der Waals surface area contributed by atoms with Crippen LogP contribution in [0.25, 0.3) is 5.70 Å². The number of allylic oxidation sites excluding steroid dienone is 1. The Balaban J connectivity index is 1.47. The molecule has 0 saturated heterocycles. The molecule has 2 unspecified atom stereocenters. The lowest BCUT2D eigenvalue weighted by Crippen LogP contribution is -2.30. The van der Waals surface area contributed by atoms with Crippen LogP contribution in [0.1, 0.15) is 24.0 Å². The van der Waals surface area contributed by atoms with Gasteiger partial charge in [0.05, 0.1) is 19.1 Å². The van der Waals surface area contributed by atoms with Gasteiger partial charge in [-0.05, 0) is 30.2 Å². The van der Waals surface area contributed by atoms with E-state index in [0.717, 1.165) is 22.5 Å². The van der Waals surface area contributed by atoms with E-state index in [4.69, 9.17) is 14.2 Å². The number of benzene rings is 2. The van der Waals surface area contributed by atoms with E-state index in [2.05, 4.69) is 6.07 Å². The summed E-state index contributed by atoms with van der Waals surface area (Å²) in [5, 5.41) is 0. The zero-order valence-electron chi connectivity index (χ0n) is 17.5. The second kappa shape index (κ2) is 7.30. The van der Waals surface area contributed by atoms with Crippen LogP contribution in [0, 0.1) is 5.92 Å². The van der Waals surface area contributed by atoms with E-state index in [1.165, 1.54) is 7.11 Å². The molecular weight excluding hydrogens is 394 g/mol. The molecule has 0 bridgehead atoms. The summed E-state index contributed by atoms with van der Waals surface area (Å²) >= 11 is 0. The molecule has 2 aromatic carbocycles. The van der Waals surface area contributed by atoms with Crippen LogP contribution in [0.5, 0.6) is 11.5 Å². The summed E-state index contributed by atoms with van der Waals surface area (Å²) < 4.78 is 16.6. The summed E-state index contributed by atoms with van der Waals surface area (Å²) in [5.41, 5.74) is 2.85. The number of hydrogen-bond acceptors (Lipinski definition) is 6. The van der Waals surface area contributed by atoms with Gasteiger partial charge < -0.3 is 19.1 Å². The first-order chi connectivity index (χ1) is 15.0. The number of esters is 1. The number of hydrogen-bond donors (Lipinski definition) is 0. The fourth-order valence-corrected chi connectivity index (χ4v) is 4.27. The maximum Gasteiger partial charge on any atom is 0.356 e. The molecule has 1 heterocycles. The van der Waals surface area contributed by atoms with Crippen molar-refractivity contribution in [3.05, 3.63) is 72.0 Å². The first-order valence-corrected chi connectivity index (χ1v) is 10.3. The van der Waals surface area contributed by atoms with Crippen LogP contribution in [0.3, 0.4) is 0 Å². The Morgan fingerprint density at radius 3 is 2.74 bits per heavy atom. The molecule has 0 amide bonds. The first-order valence-electron chi connectivity index (χ1n) is 10.3. The van der Waals surface area contributed by atoms with Gasteiger partial charge in [0, 0.05) is 49.2 Å². The lowest BCUT2D eigenvalue weighted by molar-refractivity contribution is -0.146. The van der Waals surface area contributed by atoms with Gasteiger partial charge in [-0.2, -0.15) is 0 Å². The molecule has 0 aromatic heterocycles. The van der Waals surface area contributed by atoms with Gasteiger partial charge in [-0.1, -0.05) is 24.3 Å². The van der Waals surface area contributed by atoms with Crippen molar-refractivity contribution in [3.63, 3.8) is 0 Å². The number of aryl methyl sites for hydroxylation is 1. The molecule has 0 N–H and O–H groups in total. The summed E-state index contributed by atoms with van der Waals surface area (Å²) in [7, 11) is 3.43. The van der Waals surface area contributed by atoms with Crippen molar-refractivity contribution in [2.24, 2.45) is 5.92 Å². The molecule has 2 atom stereocenters. The SMILES string of the molecule is COc1ccc(N(C)C2=CC(=O)CCc3ccccc32)cc1OC(=O)C12CC1C=CO2. The summed E-state index contributed by atoms with van der Waals surface area (Å²) in [6, 6.07) is 13.4. The van der Waals surface area contributed by atoms with E-state index in [0.29, 0.717) is 30.8 Å². The van der Waals surface area contributed by atoms with Gasteiger partial charge in [0.15, 0.2) is 17.3 Å². The quantitative estimate of drug-likeness (QED) is 0.543. The number of nitrogens with zero attached hydrogens (tertiary/aromatic N) is 1. The summed E-state index contributed by atoms with van der Waals surface area (Å²) in [4.78, 5) is 27.1. The highest BCUT2D eigenvalue weighted by Crippen LogP contribution is 2.53. The molecule has 5 rings (SSSR count). The maximum absolute atomic E-state index is 12.8. The van der Waals surface area contributed by atoms with Crippen molar-refractivity contribution in [1.82, 2.24) is 0 Å². The molecule has 0 spiro atoms. The van der Waals surface area contributed by atoms with E-state index in [9.17, 15) is 9.59 Å². The molecule has 1 fully saturated rings. The molecule has 0 radical (unpaired) electrons. The van der Waals surface area contributed by atoms with Crippen LogP contribution in [-0.2, 0) is 20.7 Å². The van der Waals surface area contributed by atoms with Gasteiger partial charge in [-0.25, -0.2) is 4.79 Å². The Hall–Kier alpha value is -3.54. The van der Waals surface area contributed by atoms with Gasteiger partial charge in [-0.15, -0.1) is 0 Å². The molecule has 2 aliphatic carbocycles. The number of methoxy groups -OCH3 is 1. The van der Waals surface area contributed by atoms with Crippen LogP contribution in [0.4, 0.5) is 5.69 Å². The molecule has 6 nitrogen and oxygen atoms in total. The van der Waals surface area contributed by atoms with Gasteiger partial charge in [0.2, 0.25) is 5.60 Å². The number of carbonyl (C=O) groups excluding carboxylic acids is 2. The fourth-order valence-electron chi connectivity index (χ4n) is 4.27. The van der Waals surface area contributed by atoms with E-state index in [1.807, 2.05) is 42.3 Å². The smallest absolute Gasteiger partial charge is 0.356 e. The normalized spacial score (nSPS) is 23.1. The minimum atomic E-state index is -0.887. The molecule has 1 aliphatic heterocycles. The Bertz CT molecular complexity index is 1130. The van der Waals surface area contributed by atoms with E-state index >= 15 is 0 Å². The third-order valence-electron chi connectivity index (χ3n) is 6.23. The van der Waals surface area contributed by atoms with E-state index in [1.54, 1.807) is 24.5 Å². The van der Waals surface area contributed by atoms with Crippen LogP contribution in [-0.4, -0.2) is 31.5 Å². The standard InChI is InChI=1S/C25H23NO5/c1-26(21-14-19(27)9-7-16-5-3-4-6-20(16)21)18-8-10-22(29-2)23(13-18)31-24(28)25-15-17(25)11-12-30-25/h3-6,8,10-14,17H,7,9,15H2,1-2H3. The average Bonchev–Trinajstić information content (AvgIpc) is 3.41. The minimum absolute atomic E-state index is 0.0792. The van der Waals surface area contributed by atoms with Crippen molar-refractivity contribution >= 4 is 23.1 Å². The maximum atomic E-state index is 12.8. The second-order valence-corrected chi connectivity index (χ2v) is 8.08. The lowest BCUT2D eigenvalue weighted by atomic mass is 10.0. The summed E-state index contributed by atoms with van der Waals surface area (Å²) in [5.74, 6) is 0.519. The highest BCUT2D eigenvalue weighted by Gasteiger charge is 2.65. The first kappa shape index (κ1) is 19.4. The Kier molecular flexibility index (Phi) is 4.58. The van der Waals surface area contributed by atoms with E-state index in [-0.39, 0.29) is 11.7 Å². The third-order valence-corrected chi connectivity index (χ3v) is 6.23. The van der Waals surface area contributed by atoms with Crippen molar-refractivity contribution < 1.29 is 23.8 Å². The molecule has 2 aromatic rings. The molecular formula is C25H23NO5. The predicted octanol–water partition coefficient (Wildman–Crippen LogP) is 3.90. The van der Waals surface area contributed by atoms with E-state index < -0.39 is 11.6 Å². The number of fused-ring (bicyclic) bond motifs is 2. The zero-order valence-corrected chi connectivity index (χ0v) is 17.5. The molecule has 3 aliphatic rings. The van der Waals surface area contributed by atoms with Crippen molar-refractivity contribution in [1.29, 1.82) is 0 Å². The van der Waals surface area contributed by atoms with Crippen LogP contribution < -0.4 is 14.4 Å². The molecule has 1 saturated carbocycles. The number of rotatable bonds is 5. The Morgan fingerprint density at radius 1 is 1.16 bits per heavy atom. The van der Waals surface area contributed by atoms with Crippen molar-refractivity contribution in [3.8, 4) is 11.5 Å². The largest absolute Gasteiger partial charge is 0.493 e. The second-order valence-electron chi connectivity index (χ2n) is 8.08. The number of carbonyl (C=O) groups is 2. The summed E-state index contributed by atoms with van der Waals surface area (Å²) in [6.07, 6.45) is 6.96. The zero-order chi connectivity index (χ0) is 21.6. The highest BCUT2D eigenvalue weighted by atomic mass is 16.6. The monoisotopic (exact) mass is 417 g/mol. The Labute approximate surface area is 180 Å².